The molecule has 0 bridgehead atoms. The molecule has 0 radical (unpaired) electrons. The SMILES string of the molecule is Nc1cc(C(F)(F)F)cc(C(F)(F)F)c1-c1c(NP(c2cc(C(F)(F)F)cc(C(F)(F)F)c2)c2cc(C(F)(F)F)cc(C(F)(F)F)c2)cc(C(F)(F)F)cc1C(F)(F)F. The maximum absolute atomic E-state index is 14.6. The number of nitrogens with one attached hydrogen (secondary N) is 1. The van der Waals surface area contributed by atoms with Crippen LogP contribution in [0.25, 0.3) is 11.1 Å². The van der Waals surface area contributed by atoms with Gasteiger partial charge in [-0.25, -0.2) is 0 Å². The van der Waals surface area contributed by atoms with Gasteiger partial charge in [0.15, 0.2) is 0 Å². The zero-order valence-electron chi connectivity index (χ0n) is 27.4. The summed E-state index contributed by atoms with van der Waals surface area (Å²) in [5.74, 6) is 0. The monoisotopic (exact) mass is 912 g/mol. The van der Waals surface area contributed by atoms with E-state index in [-0.39, 0.29) is 0 Å². The molecule has 0 spiro atoms. The third-order valence-corrected chi connectivity index (χ3v) is 9.73. The fourth-order valence-electron chi connectivity index (χ4n) is 5.25. The first kappa shape index (κ1) is 46.9. The molecule has 0 saturated heterocycles. The van der Waals surface area contributed by atoms with E-state index in [0.717, 1.165) is 0 Å². The highest BCUT2D eigenvalue weighted by Gasteiger charge is 2.46. The fourth-order valence-corrected chi connectivity index (χ4v) is 7.30. The van der Waals surface area contributed by atoms with Crippen LogP contribution >= 0.6 is 8.07 Å². The van der Waals surface area contributed by atoms with Gasteiger partial charge in [-0.3, -0.25) is 0 Å². The summed E-state index contributed by atoms with van der Waals surface area (Å²) in [6.07, 6.45) is -48.0. The Morgan fingerprint density at radius 3 is 0.881 bits per heavy atom. The van der Waals surface area contributed by atoms with Crippen LogP contribution in [0.2, 0.25) is 0 Å². The number of anilines is 2. The zero-order chi connectivity index (χ0) is 45.4. The molecule has 3 N–H and O–H groups in total. The molecule has 0 aromatic heterocycles. The molecule has 0 aliphatic carbocycles. The third-order valence-electron chi connectivity index (χ3n) is 7.72. The van der Waals surface area contributed by atoms with Crippen molar-refractivity contribution in [3.8, 4) is 11.1 Å². The number of alkyl halides is 24. The van der Waals surface area contributed by atoms with Gasteiger partial charge in [-0.2, -0.15) is 105 Å². The third kappa shape index (κ3) is 10.5. The van der Waals surface area contributed by atoms with E-state index in [4.69, 9.17) is 5.73 Å². The van der Waals surface area contributed by atoms with E-state index in [1.54, 1.807) is 0 Å². The van der Waals surface area contributed by atoms with Gasteiger partial charge in [0.05, 0.1) is 52.6 Å². The summed E-state index contributed by atoms with van der Waals surface area (Å²) in [4.78, 5) is 0. The van der Waals surface area contributed by atoms with Crippen LogP contribution in [0.1, 0.15) is 44.5 Å². The second-order valence-corrected chi connectivity index (χ2v) is 13.8. The van der Waals surface area contributed by atoms with Crippen molar-refractivity contribution >= 4 is 30.1 Å². The Balaban J connectivity index is 2.34. The van der Waals surface area contributed by atoms with Crippen molar-refractivity contribution in [3.05, 3.63) is 105 Å². The average Bonchev–Trinajstić information content (AvgIpc) is 3.03. The molecule has 0 unspecified atom stereocenters. The molecule has 4 rings (SSSR count). The van der Waals surface area contributed by atoms with E-state index in [1.165, 1.54) is 5.09 Å². The van der Waals surface area contributed by atoms with Gasteiger partial charge in [0, 0.05) is 33.1 Å². The van der Waals surface area contributed by atoms with Crippen molar-refractivity contribution in [2.75, 3.05) is 10.8 Å². The molecule has 4 aromatic rings. The first-order chi connectivity index (χ1) is 26.2. The number of rotatable bonds is 5. The van der Waals surface area contributed by atoms with Gasteiger partial charge in [0.25, 0.3) is 0 Å². The van der Waals surface area contributed by atoms with E-state index < -0.39 is 196 Å². The van der Waals surface area contributed by atoms with Crippen LogP contribution in [0, 0.1) is 0 Å². The summed E-state index contributed by atoms with van der Waals surface area (Å²) in [7, 11) is -4.34. The lowest BCUT2D eigenvalue weighted by Crippen LogP contribution is -2.25. The van der Waals surface area contributed by atoms with Crippen LogP contribution in [0.5, 0.6) is 0 Å². The van der Waals surface area contributed by atoms with Crippen LogP contribution in [-0.2, 0) is 49.4 Å². The molecule has 59 heavy (non-hydrogen) atoms. The summed E-state index contributed by atoms with van der Waals surface area (Å²) >= 11 is 0. The molecule has 4 aromatic carbocycles. The van der Waals surface area contributed by atoms with Crippen LogP contribution in [-0.4, -0.2) is 0 Å². The number of hydrogen-bond donors (Lipinski definition) is 2. The van der Waals surface area contributed by atoms with Gasteiger partial charge in [-0.05, 0) is 60.7 Å². The molecule has 0 saturated carbocycles. The maximum atomic E-state index is 14.6. The summed E-state index contributed by atoms with van der Waals surface area (Å²) in [6.45, 7) is 0. The highest BCUT2D eigenvalue weighted by Crippen LogP contribution is 2.54. The Kier molecular flexibility index (Phi) is 11.7. The normalized spacial score (nSPS) is 14.0. The molecule has 0 heterocycles. The lowest BCUT2D eigenvalue weighted by atomic mass is 9.89. The lowest BCUT2D eigenvalue weighted by molar-refractivity contribution is -0.145. The van der Waals surface area contributed by atoms with Crippen molar-refractivity contribution in [1.82, 2.24) is 0 Å². The average molecular weight is 912 g/mol. The smallest absolute Gasteiger partial charge is 0.398 e. The van der Waals surface area contributed by atoms with Gasteiger partial charge in [0.2, 0.25) is 0 Å². The number of nitrogens with two attached hydrogens (primary N) is 1. The summed E-state index contributed by atoms with van der Waals surface area (Å²) < 4.78 is 337. The minimum absolute atomic E-state index is 0.424. The minimum Gasteiger partial charge on any atom is -0.398 e. The van der Waals surface area contributed by atoms with E-state index in [2.05, 4.69) is 0 Å². The standard InChI is InChI=1S/C32H13F24N2P/c33-25(34,35)11-1-12(26(36,37)38)4-17(3-11)59(18-5-13(27(39,40)41)2-14(6-18)28(42,43)44)58-22-10-16(30(48,49)50)8-20(32(54,55)56)24(22)23-19(31(51,52)53)7-15(9-21(23)57)29(45,46)47/h1-10,58H,57H2. The van der Waals surface area contributed by atoms with Crippen LogP contribution < -0.4 is 21.4 Å². The number of benzene rings is 4. The van der Waals surface area contributed by atoms with Crippen LogP contribution in [0.15, 0.2) is 60.7 Å². The van der Waals surface area contributed by atoms with Crippen molar-refractivity contribution < 1.29 is 105 Å². The minimum atomic E-state index is -6.35. The fraction of sp³-hybridized carbons (Fsp3) is 0.250. The molecular weight excluding hydrogens is 899 g/mol. The Bertz CT molecular complexity index is 2070. The van der Waals surface area contributed by atoms with E-state index in [0.29, 0.717) is 0 Å². The van der Waals surface area contributed by atoms with Crippen molar-refractivity contribution in [2.45, 2.75) is 49.4 Å². The predicted octanol–water partition coefficient (Wildman–Crippen LogP) is 13.5. The van der Waals surface area contributed by atoms with Gasteiger partial charge in [0.1, 0.15) is 0 Å². The number of halogens is 24. The van der Waals surface area contributed by atoms with E-state index in [9.17, 15) is 105 Å². The number of hydrogen-bond acceptors (Lipinski definition) is 2. The maximum Gasteiger partial charge on any atom is 0.417 e. The molecule has 324 valence electrons. The molecule has 27 heteroatoms. The van der Waals surface area contributed by atoms with Crippen LogP contribution in [0.4, 0.5) is 117 Å². The topological polar surface area (TPSA) is 38.0 Å². The molecule has 0 aliphatic rings. The highest BCUT2D eigenvalue weighted by molar-refractivity contribution is 7.74. The number of nitrogen functional groups attached to an aromatic ring is 1. The Morgan fingerprint density at radius 1 is 0.322 bits per heavy atom. The van der Waals surface area contributed by atoms with Crippen molar-refractivity contribution in [1.29, 1.82) is 0 Å². The van der Waals surface area contributed by atoms with Gasteiger partial charge in [-0.1, -0.05) is 0 Å². The summed E-state index contributed by atoms with van der Waals surface area (Å²) in [5, 5.41) is -2.10. The Hall–Kier alpha value is -4.77. The molecule has 0 fully saturated rings. The molecule has 0 amide bonds. The molecule has 2 nitrogen and oxygen atoms in total. The second-order valence-electron chi connectivity index (χ2n) is 11.9. The first-order valence-corrected chi connectivity index (χ1v) is 16.1. The highest BCUT2D eigenvalue weighted by atomic mass is 31.1. The van der Waals surface area contributed by atoms with Crippen LogP contribution in [0.3, 0.4) is 0 Å². The van der Waals surface area contributed by atoms with Crippen molar-refractivity contribution in [2.24, 2.45) is 0 Å². The Morgan fingerprint density at radius 2 is 0.593 bits per heavy atom. The van der Waals surface area contributed by atoms with Gasteiger partial charge >= 0.3 is 49.4 Å². The van der Waals surface area contributed by atoms with Gasteiger partial charge < -0.3 is 10.8 Å². The summed E-state index contributed by atoms with van der Waals surface area (Å²) in [5.41, 5.74) is -23.7. The lowest BCUT2D eigenvalue weighted by Gasteiger charge is -2.29. The second kappa shape index (κ2) is 14.7. The van der Waals surface area contributed by atoms with E-state index >= 15 is 0 Å². The largest absolute Gasteiger partial charge is 0.417 e. The predicted molar refractivity (Wildman–Crippen MR) is 159 cm³/mol. The zero-order valence-corrected chi connectivity index (χ0v) is 28.3. The molecular formula is C32H13F24N2P. The quantitative estimate of drug-likeness (QED) is 0.119. The molecule has 0 aliphatic heterocycles. The first-order valence-electron chi connectivity index (χ1n) is 14.8. The van der Waals surface area contributed by atoms with E-state index in [1.807, 2.05) is 0 Å². The Labute approximate surface area is 312 Å². The summed E-state index contributed by atoms with van der Waals surface area (Å²) in [6, 6.07) is -5.95. The van der Waals surface area contributed by atoms with Gasteiger partial charge in [-0.15, -0.1) is 0 Å². The van der Waals surface area contributed by atoms with Crippen molar-refractivity contribution in [3.63, 3.8) is 0 Å². The molecule has 0 atom stereocenters.